The Morgan fingerprint density at radius 2 is 2.29 bits per heavy atom. The number of nitrogens with two attached hydrogens (primary N) is 1. The van der Waals surface area contributed by atoms with E-state index in [0.717, 1.165) is 17.8 Å². The summed E-state index contributed by atoms with van der Waals surface area (Å²) in [4.78, 5) is 15.1. The fraction of sp³-hybridized carbons (Fsp3) is 0. The van der Waals surface area contributed by atoms with Gasteiger partial charge in [0.15, 0.2) is 5.16 Å². The van der Waals surface area contributed by atoms with Crippen LogP contribution < -0.4 is 5.73 Å². The standard InChI is InChI=1S/C9H7FN4O2S/c10-4-1-2-5(6(7(4)11)8(15)16)17-9-12-3-13-14-9/h1-3H,11H2,(H,15,16)(H,12,13,14). The molecule has 8 heteroatoms. The second kappa shape index (κ2) is 4.42. The predicted octanol–water partition coefficient (Wildman–Crippen LogP) is 1.38. The maximum Gasteiger partial charge on any atom is 0.339 e. The van der Waals surface area contributed by atoms with Gasteiger partial charge in [0.2, 0.25) is 0 Å². The number of H-pyrrole nitrogens is 1. The number of nitrogens with one attached hydrogen (secondary N) is 1. The van der Waals surface area contributed by atoms with Gasteiger partial charge in [-0.1, -0.05) is 0 Å². The summed E-state index contributed by atoms with van der Waals surface area (Å²) < 4.78 is 13.2. The van der Waals surface area contributed by atoms with Crippen LogP contribution in [-0.4, -0.2) is 26.3 Å². The predicted molar refractivity (Wildman–Crippen MR) is 58.3 cm³/mol. The van der Waals surface area contributed by atoms with Crippen molar-refractivity contribution in [3.63, 3.8) is 0 Å². The number of aromatic amines is 1. The highest BCUT2D eigenvalue weighted by Crippen LogP contribution is 2.32. The lowest BCUT2D eigenvalue weighted by Crippen LogP contribution is -2.06. The molecule has 0 fully saturated rings. The summed E-state index contributed by atoms with van der Waals surface area (Å²) in [7, 11) is 0. The van der Waals surface area contributed by atoms with Gasteiger partial charge < -0.3 is 10.8 Å². The Hall–Kier alpha value is -2.09. The Balaban J connectivity index is 2.47. The van der Waals surface area contributed by atoms with Crippen LogP contribution in [0.1, 0.15) is 10.4 Å². The number of halogens is 1. The Bertz CT molecular complexity index is 558. The van der Waals surface area contributed by atoms with Gasteiger partial charge in [0.25, 0.3) is 0 Å². The van der Waals surface area contributed by atoms with Crippen molar-refractivity contribution in [1.82, 2.24) is 15.2 Å². The molecule has 0 radical (unpaired) electrons. The zero-order chi connectivity index (χ0) is 12.4. The van der Waals surface area contributed by atoms with Gasteiger partial charge in [0.05, 0.1) is 11.3 Å². The lowest BCUT2D eigenvalue weighted by molar-refractivity contribution is 0.0694. The molecule has 0 aliphatic rings. The fourth-order valence-corrected chi connectivity index (χ4v) is 2.07. The molecule has 0 saturated carbocycles. The van der Waals surface area contributed by atoms with E-state index in [0.29, 0.717) is 10.1 Å². The summed E-state index contributed by atoms with van der Waals surface area (Å²) in [5.74, 6) is -2.05. The number of benzene rings is 1. The second-order valence-electron chi connectivity index (χ2n) is 3.03. The zero-order valence-corrected chi connectivity index (χ0v) is 9.16. The van der Waals surface area contributed by atoms with Gasteiger partial charge in [-0.05, 0) is 23.9 Å². The Morgan fingerprint density at radius 3 is 2.88 bits per heavy atom. The van der Waals surface area contributed by atoms with Gasteiger partial charge >= 0.3 is 5.97 Å². The number of nitrogens with zero attached hydrogens (tertiary/aromatic N) is 2. The van der Waals surface area contributed by atoms with Crippen molar-refractivity contribution in [3.05, 3.63) is 29.8 Å². The number of aromatic nitrogens is 3. The molecule has 0 unspecified atom stereocenters. The summed E-state index contributed by atoms with van der Waals surface area (Å²) in [5.41, 5.74) is 4.74. The number of carboxylic acids is 1. The molecule has 0 aliphatic carbocycles. The van der Waals surface area contributed by atoms with E-state index < -0.39 is 11.8 Å². The molecule has 1 aromatic heterocycles. The smallest absolute Gasteiger partial charge is 0.339 e. The molecule has 17 heavy (non-hydrogen) atoms. The lowest BCUT2D eigenvalue weighted by atomic mass is 10.2. The molecular formula is C9H7FN4O2S. The number of hydrogen-bond donors (Lipinski definition) is 3. The van der Waals surface area contributed by atoms with Crippen LogP contribution in [0.5, 0.6) is 0 Å². The van der Waals surface area contributed by atoms with E-state index in [-0.39, 0.29) is 11.3 Å². The third-order valence-electron chi connectivity index (χ3n) is 1.97. The van der Waals surface area contributed by atoms with E-state index in [2.05, 4.69) is 15.2 Å². The molecule has 0 bridgehead atoms. The van der Waals surface area contributed by atoms with E-state index in [1.807, 2.05) is 0 Å². The van der Waals surface area contributed by atoms with Gasteiger partial charge in [-0.3, -0.25) is 5.10 Å². The van der Waals surface area contributed by atoms with Crippen LogP contribution in [0.4, 0.5) is 10.1 Å². The number of nitrogen functional groups attached to an aromatic ring is 1. The van der Waals surface area contributed by atoms with Crippen LogP contribution in [0.3, 0.4) is 0 Å². The summed E-state index contributed by atoms with van der Waals surface area (Å²) in [6.07, 6.45) is 1.29. The molecule has 1 heterocycles. The van der Waals surface area contributed by atoms with Crippen molar-refractivity contribution < 1.29 is 14.3 Å². The van der Waals surface area contributed by atoms with E-state index in [9.17, 15) is 9.18 Å². The Morgan fingerprint density at radius 1 is 1.53 bits per heavy atom. The van der Waals surface area contributed by atoms with E-state index in [1.165, 1.54) is 12.4 Å². The van der Waals surface area contributed by atoms with Crippen molar-refractivity contribution >= 4 is 23.4 Å². The number of rotatable bonds is 3. The minimum absolute atomic E-state index is 0.272. The van der Waals surface area contributed by atoms with Crippen LogP contribution in [0, 0.1) is 5.82 Å². The topological polar surface area (TPSA) is 105 Å². The average Bonchev–Trinajstić information content (AvgIpc) is 2.76. The molecule has 2 rings (SSSR count). The highest BCUT2D eigenvalue weighted by Gasteiger charge is 2.18. The highest BCUT2D eigenvalue weighted by atomic mass is 32.2. The highest BCUT2D eigenvalue weighted by molar-refractivity contribution is 7.99. The molecule has 1 aromatic carbocycles. The molecule has 2 aromatic rings. The van der Waals surface area contributed by atoms with Crippen molar-refractivity contribution in [2.75, 3.05) is 5.73 Å². The van der Waals surface area contributed by atoms with Crippen molar-refractivity contribution in [3.8, 4) is 0 Å². The van der Waals surface area contributed by atoms with Crippen LogP contribution in [0.2, 0.25) is 0 Å². The monoisotopic (exact) mass is 254 g/mol. The number of aromatic carboxylic acids is 1. The van der Waals surface area contributed by atoms with Crippen LogP contribution in [-0.2, 0) is 0 Å². The Labute approximate surface area is 99.1 Å². The van der Waals surface area contributed by atoms with Gasteiger partial charge in [0, 0.05) is 4.90 Å². The van der Waals surface area contributed by atoms with E-state index in [4.69, 9.17) is 10.8 Å². The first kappa shape index (κ1) is 11.4. The normalized spacial score (nSPS) is 10.4. The van der Waals surface area contributed by atoms with Gasteiger partial charge in [-0.2, -0.15) is 5.10 Å². The molecule has 4 N–H and O–H groups in total. The van der Waals surface area contributed by atoms with Crippen molar-refractivity contribution in [1.29, 1.82) is 0 Å². The number of carboxylic acid groups (broad SMARTS) is 1. The fourth-order valence-electron chi connectivity index (χ4n) is 1.23. The van der Waals surface area contributed by atoms with Crippen LogP contribution in [0.15, 0.2) is 28.5 Å². The maximum atomic E-state index is 13.2. The van der Waals surface area contributed by atoms with Crippen LogP contribution >= 0.6 is 11.8 Å². The molecule has 88 valence electrons. The number of hydrogen-bond acceptors (Lipinski definition) is 5. The zero-order valence-electron chi connectivity index (χ0n) is 8.35. The largest absolute Gasteiger partial charge is 0.478 e. The van der Waals surface area contributed by atoms with Crippen molar-refractivity contribution in [2.24, 2.45) is 0 Å². The first-order chi connectivity index (χ1) is 8.09. The third kappa shape index (κ3) is 2.21. The maximum absolute atomic E-state index is 13.2. The first-order valence-electron chi connectivity index (χ1n) is 4.44. The second-order valence-corrected chi connectivity index (χ2v) is 4.06. The molecule has 6 nitrogen and oxygen atoms in total. The van der Waals surface area contributed by atoms with Gasteiger partial charge in [-0.25, -0.2) is 14.2 Å². The molecule has 0 atom stereocenters. The molecule has 0 amide bonds. The summed E-state index contributed by atoms with van der Waals surface area (Å²) >= 11 is 1.02. The minimum atomic E-state index is -1.29. The van der Waals surface area contributed by atoms with E-state index in [1.54, 1.807) is 0 Å². The molecule has 0 saturated heterocycles. The molecular weight excluding hydrogens is 247 g/mol. The van der Waals surface area contributed by atoms with Gasteiger partial charge in [0.1, 0.15) is 12.1 Å². The Kier molecular flexibility index (Phi) is 2.96. The first-order valence-corrected chi connectivity index (χ1v) is 5.25. The van der Waals surface area contributed by atoms with Gasteiger partial charge in [-0.15, -0.1) is 0 Å². The lowest BCUT2D eigenvalue weighted by Gasteiger charge is -2.07. The van der Waals surface area contributed by atoms with Crippen molar-refractivity contribution in [2.45, 2.75) is 10.1 Å². The minimum Gasteiger partial charge on any atom is -0.478 e. The SMILES string of the molecule is Nc1c(F)ccc(Sc2ncn[nH]2)c1C(=O)O. The quantitative estimate of drug-likeness (QED) is 0.714. The van der Waals surface area contributed by atoms with E-state index >= 15 is 0 Å². The molecule has 0 aliphatic heterocycles. The number of anilines is 1. The number of carbonyl (C=O) groups is 1. The third-order valence-corrected chi connectivity index (χ3v) is 2.92. The van der Waals surface area contributed by atoms with Crippen LogP contribution in [0.25, 0.3) is 0 Å². The summed E-state index contributed by atoms with van der Waals surface area (Å²) in [5, 5.41) is 15.6. The summed E-state index contributed by atoms with van der Waals surface area (Å²) in [6.45, 7) is 0. The summed E-state index contributed by atoms with van der Waals surface area (Å²) in [6, 6.07) is 2.45. The average molecular weight is 254 g/mol. The molecule has 0 spiro atoms.